The summed E-state index contributed by atoms with van der Waals surface area (Å²) >= 11 is 0. The first-order valence-electron chi connectivity index (χ1n) is 6.79. The van der Waals surface area contributed by atoms with Crippen molar-refractivity contribution in [2.75, 3.05) is 27.0 Å². The zero-order valence-corrected chi connectivity index (χ0v) is 11.5. The van der Waals surface area contributed by atoms with E-state index in [1.54, 1.807) is 0 Å². The Morgan fingerprint density at radius 3 is 3.00 bits per heavy atom. The van der Waals surface area contributed by atoms with Gasteiger partial charge in [-0.15, -0.1) is 0 Å². The first kappa shape index (κ1) is 12.9. The number of ether oxygens (including phenoxy) is 3. The van der Waals surface area contributed by atoms with E-state index in [-0.39, 0.29) is 6.79 Å². The van der Waals surface area contributed by atoms with Crippen LogP contribution in [0.15, 0.2) is 23.2 Å². The van der Waals surface area contributed by atoms with Crippen LogP contribution in [0, 0.1) is 0 Å². The smallest absolute Gasteiger partial charge is 0.231 e. The minimum atomic E-state index is 0.271. The number of hydrogen-bond donors (Lipinski definition) is 1. The fourth-order valence-corrected chi connectivity index (χ4v) is 2.05. The summed E-state index contributed by atoms with van der Waals surface area (Å²) in [4.78, 5) is 6.34. The molecule has 0 aromatic heterocycles. The van der Waals surface area contributed by atoms with Crippen molar-refractivity contribution in [2.45, 2.75) is 18.9 Å². The minimum Gasteiger partial charge on any atom is -0.492 e. The van der Waals surface area contributed by atoms with Crippen LogP contribution < -0.4 is 19.9 Å². The second-order valence-corrected chi connectivity index (χ2v) is 4.95. The predicted molar refractivity (Wildman–Crippen MR) is 75.3 cm³/mol. The molecule has 1 saturated carbocycles. The Labute approximate surface area is 118 Å². The van der Waals surface area contributed by atoms with E-state index in [0.717, 1.165) is 17.2 Å². The number of hydrogen-bond acceptors (Lipinski definition) is 4. The van der Waals surface area contributed by atoms with E-state index in [9.17, 15) is 0 Å². The second-order valence-electron chi connectivity index (χ2n) is 4.95. The lowest BCUT2D eigenvalue weighted by Gasteiger charge is -2.16. The van der Waals surface area contributed by atoms with Gasteiger partial charge in [0, 0.05) is 19.2 Å². The molecule has 1 fully saturated rings. The van der Waals surface area contributed by atoms with Gasteiger partial charge in [0.15, 0.2) is 17.5 Å². The first-order chi connectivity index (χ1) is 9.74. The van der Waals surface area contributed by atoms with E-state index in [1.807, 2.05) is 30.1 Å². The highest BCUT2D eigenvalue weighted by Crippen LogP contribution is 2.35. The Hall–Kier alpha value is -2.11. The molecule has 1 aliphatic heterocycles. The van der Waals surface area contributed by atoms with Gasteiger partial charge < -0.3 is 24.8 Å². The summed E-state index contributed by atoms with van der Waals surface area (Å²) in [5, 5.41) is 0. The SMILES string of the molecule is CN(C(N)=NCCOc1ccc2c(c1)OCO2)C1CC1. The molecule has 1 aromatic rings. The molecule has 2 N–H and O–H groups in total. The maximum atomic E-state index is 5.90. The van der Waals surface area contributed by atoms with E-state index in [1.165, 1.54) is 12.8 Å². The summed E-state index contributed by atoms with van der Waals surface area (Å²) in [6.45, 7) is 1.29. The molecule has 0 radical (unpaired) electrons. The van der Waals surface area contributed by atoms with Gasteiger partial charge in [0.2, 0.25) is 6.79 Å². The van der Waals surface area contributed by atoms with E-state index in [0.29, 0.717) is 25.2 Å². The molecule has 0 saturated heterocycles. The van der Waals surface area contributed by atoms with Gasteiger partial charge in [0.25, 0.3) is 0 Å². The molecule has 2 aliphatic rings. The van der Waals surface area contributed by atoms with Crippen molar-refractivity contribution in [3.05, 3.63) is 18.2 Å². The average Bonchev–Trinajstić information content (AvgIpc) is 3.20. The van der Waals surface area contributed by atoms with Crippen LogP contribution in [0.4, 0.5) is 0 Å². The third-order valence-electron chi connectivity index (χ3n) is 3.43. The van der Waals surface area contributed by atoms with Crippen LogP contribution in [0.5, 0.6) is 17.2 Å². The normalized spacial score (nSPS) is 17.1. The lowest BCUT2D eigenvalue weighted by atomic mass is 10.3. The lowest BCUT2D eigenvalue weighted by Crippen LogP contribution is -2.36. The highest BCUT2D eigenvalue weighted by molar-refractivity contribution is 5.78. The van der Waals surface area contributed by atoms with Crippen LogP contribution in [-0.4, -0.2) is 43.9 Å². The number of nitrogens with zero attached hydrogens (tertiary/aromatic N) is 2. The summed E-state index contributed by atoms with van der Waals surface area (Å²) < 4.78 is 16.2. The molecule has 0 spiro atoms. The van der Waals surface area contributed by atoms with Gasteiger partial charge >= 0.3 is 0 Å². The van der Waals surface area contributed by atoms with Crippen molar-refractivity contribution in [3.8, 4) is 17.2 Å². The Morgan fingerprint density at radius 2 is 2.20 bits per heavy atom. The Kier molecular flexibility index (Phi) is 3.54. The van der Waals surface area contributed by atoms with Gasteiger partial charge in [-0.3, -0.25) is 0 Å². The van der Waals surface area contributed by atoms with Crippen LogP contribution >= 0.6 is 0 Å². The van der Waals surface area contributed by atoms with Crippen LogP contribution in [0.2, 0.25) is 0 Å². The standard InChI is InChI=1S/C14H19N3O3/c1-17(10-2-3-10)14(15)16-6-7-18-11-4-5-12-13(8-11)20-9-19-12/h4-5,8,10H,2-3,6-7,9H2,1H3,(H2,15,16). The number of aliphatic imine (C=N–C) groups is 1. The topological polar surface area (TPSA) is 69.3 Å². The molecule has 0 unspecified atom stereocenters. The predicted octanol–water partition coefficient (Wildman–Crippen LogP) is 1.20. The average molecular weight is 277 g/mol. The minimum absolute atomic E-state index is 0.271. The van der Waals surface area contributed by atoms with E-state index >= 15 is 0 Å². The van der Waals surface area contributed by atoms with Crippen molar-refractivity contribution in [1.82, 2.24) is 4.90 Å². The molecule has 20 heavy (non-hydrogen) atoms. The summed E-state index contributed by atoms with van der Waals surface area (Å²) in [6, 6.07) is 6.10. The first-order valence-corrected chi connectivity index (χ1v) is 6.79. The van der Waals surface area contributed by atoms with Gasteiger partial charge in [-0.05, 0) is 25.0 Å². The molecule has 6 nitrogen and oxygen atoms in total. The number of rotatable bonds is 5. The highest BCUT2D eigenvalue weighted by Gasteiger charge is 2.27. The number of guanidine groups is 1. The largest absolute Gasteiger partial charge is 0.492 e. The fraction of sp³-hybridized carbons (Fsp3) is 0.500. The Balaban J connectivity index is 1.46. The number of nitrogens with two attached hydrogens (primary N) is 1. The molecule has 1 aromatic carbocycles. The molecule has 3 rings (SSSR count). The van der Waals surface area contributed by atoms with Crippen LogP contribution in [0.3, 0.4) is 0 Å². The van der Waals surface area contributed by atoms with Gasteiger partial charge in [-0.25, -0.2) is 4.99 Å². The molecule has 0 atom stereocenters. The number of fused-ring (bicyclic) bond motifs is 1. The van der Waals surface area contributed by atoms with Gasteiger partial charge in [0.05, 0.1) is 6.54 Å². The monoisotopic (exact) mass is 277 g/mol. The van der Waals surface area contributed by atoms with Crippen LogP contribution in [-0.2, 0) is 0 Å². The Bertz CT molecular complexity index is 514. The van der Waals surface area contributed by atoms with E-state index < -0.39 is 0 Å². The van der Waals surface area contributed by atoms with Crippen LogP contribution in [0.25, 0.3) is 0 Å². The summed E-state index contributed by atoms with van der Waals surface area (Å²) in [5.41, 5.74) is 5.90. The summed E-state index contributed by atoms with van der Waals surface area (Å²) in [6.07, 6.45) is 2.42. The van der Waals surface area contributed by atoms with Gasteiger partial charge in [0.1, 0.15) is 12.4 Å². The van der Waals surface area contributed by atoms with E-state index in [2.05, 4.69) is 4.99 Å². The third kappa shape index (κ3) is 2.89. The summed E-state index contributed by atoms with van der Waals surface area (Å²) in [7, 11) is 1.98. The molecule has 1 heterocycles. The molecule has 0 amide bonds. The second kappa shape index (κ2) is 5.48. The van der Waals surface area contributed by atoms with Crippen molar-refractivity contribution in [1.29, 1.82) is 0 Å². The quantitative estimate of drug-likeness (QED) is 0.497. The van der Waals surface area contributed by atoms with E-state index in [4.69, 9.17) is 19.9 Å². The van der Waals surface area contributed by atoms with Gasteiger partial charge in [-0.2, -0.15) is 0 Å². The maximum absolute atomic E-state index is 5.90. The van der Waals surface area contributed by atoms with Crippen molar-refractivity contribution >= 4 is 5.96 Å². The molecule has 6 heteroatoms. The number of benzene rings is 1. The fourth-order valence-electron chi connectivity index (χ4n) is 2.05. The molecule has 108 valence electrons. The zero-order chi connectivity index (χ0) is 13.9. The lowest BCUT2D eigenvalue weighted by molar-refractivity contribution is 0.174. The van der Waals surface area contributed by atoms with Gasteiger partial charge in [-0.1, -0.05) is 0 Å². The van der Waals surface area contributed by atoms with Crippen molar-refractivity contribution in [3.63, 3.8) is 0 Å². The Morgan fingerprint density at radius 1 is 1.40 bits per heavy atom. The molecular weight excluding hydrogens is 258 g/mol. The van der Waals surface area contributed by atoms with Crippen molar-refractivity contribution in [2.24, 2.45) is 10.7 Å². The maximum Gasteiger partial charge on any atom is 0.231 e. The zero-order valence-electron chi connectivity index (χ0n) is 11.5. The third-order valence-corrected chi connectivity index (χ3v) is 3.43. The summed E-state index contributed by atoms with van der Waals surface area (Å²) in [5.74, 6) is 2.81. The van der Waals surface area contributed by atoms with Crippen molar-refractivity contribution < 1.29 is 14.2 Å². The molecule has 1 aliphatic carbocycles. The van der Waals surface area contributed by atoms with Crippen LogP contribution in [0.1, 0.15) is 12.8 Å². The molecule has 0 bridgehead atoms. The molecular formula is C14H19N3O3. The highest BCUT2D eigenvalue weighted by atomic mass is 16.7.